The summed E-state index contributed by atoms with van der Waals surface area (Å²) in [6, 6.07) is 37.2. The third-order valence-corrected chi connectivity index (χ3v) is 6.64. The van der Waals surface area contributed by atoms with Crippen molar-refractivity contribution in [3.8, 4) is 0 Å². The summed E-state index contributed by atoms with van der Waals surface area (Å²) >= 11 is 0. The number of quaternary nitrogens is 1. The molecule has 4 aromatic carbocycles. The minimum absolute atomic E-state index is 0.247. The fourth-order valence-corrected chi connectivity index (χ4v) is 5.10. The highest BCUT2D eigenvalue weighted by Crippen LogP contribution is 2.49. The van der Waals surface area contributed by atoms with E-state index in [1.54, 1.807) is 0 Å². The first-order valence-electron chi connectivity index (χ1n) is 11.2. The van der Waals surface area contributed by atoms with Gasteiger partial charge in [-0.15, -0.1) is 5.43 Å². The average molecular weight is 432 g/mol. The number of hydrogen-bond acceptors (Lipinski definition) is 2. The summed E-state index contributed by atoms with van der Waals surface area (Å²) in [4.78, 5) is 12.8. The molecular formula is C30H27N2O+. The summed E-state index contributed by atoms with van der Waals surface area (Å²) in [5, 5.41) is 0. The third kappa shape index (κ3) is 3.25. The molecule has 1 N–H and O–H groups in total. The number of nitrogens with one attached hydrogen (secondary N) is 1. The second kappa shape index (κ2) is 8.28. The van der Waals surface area contributed by atoms with E-state index in [0.717, 1.165) is 39.9 Å². The van der Waals surface area contributed by atoms with Crippen LogP contribution in [0.4, 0.5) is 11.4 Å². The molecule has 0 saturated heterocycles. The maximum atomic E-state index is 12.8. The normalized spacial score (nSPS) is 16.2. The topological polar surface area (TPSA) is 29.1 Å². The molecule has 3 heteroatoms. The Labute approximate surface area is 195 Å². The Kier molecular flexibility index (Phi) is 5.29. The van der Waals surface area contributed by atoms with Gasteiger partial charge in [0.15, 0.2) is 23.2 Å². The van der Waals surface area contributed by atoms with E-state index in [0.29, 0.717) is 5.57 Å². The first-order valence-corrected chi connectivity index (χ1v) is 11.2. The number of benzene rings is 4. The van der Waals surface area contributed by atoms with Gasteiger partial charge in [-0.1, -0.05) is 97.1 Å². The molecule has 0 aliphatic carbocycles. The van der Waals surface area contributed by atoms with Crippen LogP contribution in [0.25, 0.3) is 0 Å². The van der Waals surface area contributed by atoms with Crippen LogP contribution in [0.3, 0.4) is 0 Å². The van der Waals surface area contributed by atoms with Crippen LogP contribution >= 0.6 is 0 Å². The van der Waals surface area contributed by atoms with Crippen LogP contribution in [0, 0.1) is 13.8 Å². The molecule has 0 spiro atoms. The number of aryl methyl sites for hydroxylation is 2. The van der Waals surface area contributed by atoms with Crippen molar-refractivity contribution in [2.45, 2.75) is 19.4 Å². The summed E-state index contributed by atoms with van der Waals surface area (Å²) in [6.45, 7) is 4.24. The Morgan fingerprint density at radius 1 is 0.636 bits per heavy atom. The smallest absolute Gasteiger partial charge is 0.165 e. The Morgan fingerprint density at radius 3 is 1.48 bits per heavy atom. The summed E-state index contributed by atoms with van der Waals surface area (Å²) in [7, 11) is 0. The van der Waals surface area contributed by atoms with Crippen molar-refractivity contribution in [1.82, 2.24) is 10.0 Å². The first kappa shape index (κ1) is 21.1. The Bertz CT molecular complexity index is 1240. The van der Waals surface area contributed by atoms with E-state index in [1.807, 2.05) is 36.4 Å². The van der Waals surface area contributed by atoms with Crippen LogP contribution in [-0.4, -0.2) is 6.29 Å². The number of carbonyl (C=O) groups excluding carboxylic acids is 1. The molecule has 0 saturated carbocycles. The number of aldehydes is 1. The van der Waals surface area contributed by atoms with Crippen molar-refractivity contribution in [2.75, 3.05) is 0 Å². The summed E-state index contributed by atoms with van der Waals surface area (Å²) < 4.78 is 0.247. The van der Waals surface area contributed by atoms with Crippen LogP contribution in [0.5, 0.6) is 0 Å². The Morgan fingerprint density at radius 2 is 1.06 bits per heavy atom. The highest BCUT2D eigenvalue weighted by molar-refractivity contribution is 5.84. The van der Waals surface area contributed by atoms with E-state index in [2.05, 4.69) is 98.3 Å². The zero-order chi connectivity index (χ0) is 22.9. The van der Waals surface area contributed by atoms with Crippen molar-refractivity contribution in [3.05, 3.63) is 143 Å². The standard InChI is InChI=1S/C30H27N2O/c1-23-13-9-11-19-28(23)32(29-20-12-10-14-24(29)2)21-27(22-33)30(31-32,25-15-5-3-6-16-25)26-17-7-4-8-18-26/h3-22,31H,1-2H3/q+1. The molecule has 0 bridgehead atoms. The lowest BCUT2D eigenvalue weighted by atomic mass is 9.79. The van der Waals surface area contributed by atoms with Gasteiger partial charge in [0.25, 0.3) is 0 Å². The lowest BCUT2D eigenvalue weighted by Crippen LogP contribution is -2.57. The van der Waals surface area contributed by atoms with Gasteiger partial charge < -0.3 is 0 Å². The monoisotopic (exact) mass is 431 g/mol. The zero-order valence-corrected chi connectivity index (χ0v) is 18.9. The van der Waals surface area contributed by atoms with Crippen LogP contribution < -0.4 is 10.0 Å². The molecule has 0 atom stereocenters. The van der Waals surface area contributed by atoms with E-state index in [9.17, 15) is 4.79 Å². The molecule has 33 heavy (non-hydrogen) atoms. The van der Waals surface area contributed by atoms with Gasteiger partial charge in [0, 0.05) is 23.3 Å². The van der Waals surface area contributed by atoms with Gasteiger partial charge in [-0.2, -0.15) is 4.59 Å². The van der Waals surface area contributed by atoms with Gasteiger partial charge in [0.05, 0.1) is 5.57 Å². The van der Waals surface area contributed by atoms with E-state index < -0.39 is 5.54 Å². The summed E-state index contributed by atoms with van der Waals surface area (Å²) in [5.74, 6) is 0. The van der Waals surface area contributed by atoms with Gasteiger partial charge in [0.1, 0.15) is 6.20 Å². The number of rotatable bonds is 5. The molecule has 0 radical (unpaired) electrons. The van der Waals surface area contributed by atoms with Gasteiger partial charge in [-0.3, -0.25) is 4.79 Å². The van der Waals surface area contributed by atoms with Gasteiger partial charge >= 0.3 is 0 Å². The van der Waals surface area contributed by atoms with Crippen molar-refractivity contribution < 1.29 is 4.79 Å². The Hall–Kier alpha value is -3.79. The second-order valence-corrected chi connectivity index (χ2v) is 8.59. The van der Waals surface area contributed by atoms with Crippen molar-refractivity contribution in [3.63, 3.8) is 0 Å². The molecule has 1 aliphatic heterocycles. The molecule has 0 amide bonds. The van der Waals surface area contributed by atoms with E-state index in [4.69, 9.17) is 0 Å². The molecule has 0 aromatic heterocycles. The number of nitrogens with zero attached hydrogens (tertiary/aromatic N) is 1. The van der Waals surface area contributed by atoms with Gasteiger partial charge in [-0.25, -0.2) is 0 Å². The molecule has 162 valence electrons. The largest absolute Gasteiger partial charge is 0.298 e. The molecule has 5 rings (SSSR count). The highest BCUT2D eigenvalue weighted by atomic mass is 16.1. The first-order chi connectivity index (χ1) is 16.1. The molecule has 0 fully saturated rings. The van der Waals surface area contributed by atoms with E-state index in [1.165, 1.54) is 0 Å². The van der Waals surface area contributed by atoms with E-state index >= 15 is 0 Å². The summed E-state index contributed by atoms with van der Waals surface area (Å²) in [6.07, 6.45) is 3.08. The fourth-order valence-electron chi connectivity index (χ4n) is 5.10. The van der Waals surface area contributed by atoms with Crippen molar-refractivity contribution in [2.24, 2.45) is 0 Å². The number of carbonyl (C=O) groups is 1. The quantitative estimate of drug-likeness (QED) is 0.289. The van der Waals surface area contributed by atoms with E-state index in [-0.39, 0.29) is 4.59 Å². The van der Waals surface area contributed by atoms with Gasteiger partial charge in [0.2, 0.25) is 0 Å². The average Bonchev–Trinajstić information content (AvgIpc) is 3.23. The maximum Gasteiger partial charge on any atom is 0.165 e. The van der Waals surface area contributed by atoms with Crippen LogP contribution in [-0.2, 0) is 10.3 Å². The zero-order valence-electron chi connectivity index (χ0n) is 18.9. The highest BCUT2D eigenvalue weighted by Gasteiger charge is 2.55. The molecule has 1 heterocycles. The predicted octanol–water partition coefficient (Wildman–Crippen LogP) is 6.49. The van der Waals surface area contributed by atoms with Crippen LogP contribution in [0.2, 0.25) is 0 Å². The molecule has 4 aromatic rings. The third-order valence-electron chi connectivity index (χ3n) is 6.64. The summed E-state index contributed by atoms with van der Waals surface area (Å²) in [5.41, 5.74) is 10.4. The predicted molar refractivity (Wildman–Crippen MR) is 135 cm³/mol. The van der Waals surface area contributed by atoms with Crippen molar-refractivity contribution in [1.29, 1.82) is 0 Å². The maximum absolute atomic E-state index is 12.8. The molecule has 0 unspecified atom stereocenters. The molecule has 1 aliphatic rings. The minimum Gasteiger partial charge on any atom is -0.298 e. The minimum atomic E-state index is -0.811. The lowest BCUT2D eigenvalue weighted by molar-refractivity contribution is -0.105. The number of hydrogen-bond donors (Lipinski definition) is 1. The van der Waals surface area contributed by atoms with Crippen LogP contribution in [0.15, 0.2) is 121 Å². The lowest BCUT2D eigenvalue weighted by Gasteiger charge is -2.38. The van der Waals surface area contributed by atoms with Crippen LogP contribution in [0.1, 0.15) is 22.3 Å². The second-order valence-electron chi connectivity index (χ2n) is 8.59. The fraction of sp³-hybridized carbons (Fsp3) is 0.100. The Balaban J connectivity index is 1.88. The molecular weight excluding hydrogens is 404 g/mol. The van der Waals surface area contributed by atoms with Gasteiger partial charge in [-0.05, 0) is 25.0 Å². The SMILES string of the molecule is Cc1ccccc1[N+]1(c2ccccc2C)C=C(C=O)C(c2ccccc2)(c2ccccc2)N1. The number of para-hydroxylation sites is 2. The molecule has 3 nitrogen and oxygen atoms in total. The van der Waals surface area contributed by atoms with Crippen molar-refractivity contribution >= 4 is 17.7 Å².